The van der Waals surface area contributed by atoms with E-state index in [1.54, 1.807) is 6.20 Å². The van der Waals surface area contributed by atoms with E-state index in [-0.39, 0.29) is 17.9 Å². The first-order chi connectivity index (χ1) is 7.68. The zero-order valence-corrected chi connectivity index (χ0v) is 8.93. The van der Waals surface area contributed by atoms with Gasteiger partial charge in [-0.25, -0.2) is 4.68 Å². The molecule has 4 nitrogen and oxygen atoms in total. The average Bonchev–Trinajstić information content (AvgIpc) is 2.61. The van der Waals surface area contributed by atoms with Gasteiger partial charge in [0.05, 0.1) is 5.56 Å². The molecule has 82 valence electrons. The lowest BCUT2D eigenvalue weighted by Gasteiger charge is -1.96. The van der Waals surface area contributed by atoms with Crippen molar-refractivity contribution in [1.82, 2.24) is 9.78 Å². The Kier molecular flexibility index (Phi) is 2.72. The summed E-state index contributed by atoms with van der Waals surface area (Å²) >= 11 is 0. The van der Waals surface area contributed by atoms with Gasteiger partial charge in [0.2, 0.25) is 0 Å². The van der Waals surface area contributed by atoms with Gasteiger partial charge >= 0.3 is 0 Å². The van der Waals surface area contributed by atoms with Crippen LogP contribution < -0.4 is 5.56 Å². The Balaban J connectivity index is 2.42. The Bertz CT molecular complexity index is 552. The van der Waals surface area contributed by atoms with E-state index >= 15 is 0 Å². The molecule has 0 aliphatic heterocycles. The molecule has 0 aliphatic carbocycles. The number of carbonyl (C=O) groups is 1. The number of aromatic nitrogens is 2. The number of nitrogens with one attached hydrogen (secondary N) is 1. The zero-order valence-electron chi connectivity index (χ0n) is 8.93. The first-order valence-electron chi connectivity index (χ1n) is 5.01. The fourth-order valence-electron chi connectivity index (χ4n) is 1.57. The fourth-order valence-corrected chi connectivity index (χ4v) is 1.57. The fraction of sp³-hybridized carbons (Fsp3) is 0.167. The highest BCUT2D eigenvalue weighted by Crippen LogP contribution is 2.13. The molecule has 1 heterocycles. The molecular weight excluding hydrogens is 204 g/mol. The van der Waals surface area contributed by atoms with Crippen LogP contribution in [0.1, 0.15) is 6.92 Å². The predicted octanol–water partition coefficient (Wildman–Crippen LogP) is 1.43. The first-order valence-corrected chi connectivity index (χ1v) is 5.01. The van der Waals surface area contributed by atoms with Crippen LogP contribution in [0, 0.1) is 0 Å². The van der Waals surface area contributed by atoms with E-state index in [0.717, 1.165) is 5.56 Å². The van der Waals surface area contributed by atoms with Crippen LogP contribution >= 0.6 is 0 Å². The van der Waals surface area contributed by atoms with Crippen LogP contribution in [-0.2, 0) is 11.3 Å². The molecule has 0 atom stereocenters. The van der Waals surface area contributed by atoms with E-state index in [0.29, 0.717) is 5.56 Å². The quantitative estimate of drug-likeness (QED) is 0.843. The molecular formula is C12H12N2O2. The maximum Gasteiger partial charge on any atom is 0.274 e. The van der Waals surface area contributed by atoms with Gasteiger partial charge in [-0.15, -0.1) is 0 Å². The topological polar surface area (TPSA) is 54.9 Å². The number of hydrogen-bond donors (Lipinski definition) is 1. The van der Waals surface area contributed by atoms with Crippen molar-refractivity contribution in [3.05, 3.63) is 46.9 Å². The van der Waals surface area contributed by atoms with Gasteiger partial charge in [-0.1, -0.05) is 30.3 Å². The van der Waals surface area contributed by atoms with Crippen LogP contribution in [0.4, 0.5) is 0 Å². The highest BCUT2D eigenvalue weighted by molar-refractivity contribution is 5.75. The van der Waals surface area contributed by atoms with E-state index in [2.05, 4.69) is 5.10 Å². The molecule has 0 saturated carbocycles. The second-order valence-corrected chi connectivity index (χ2v) is 3.65. The molecule has 1 aromatic heterocycles. The van der Waals surface area contributed by atoms with Crippen LogP contribution in [0.15, 0.2) is 41.3 Å². The lowest BCUT2D eigenvalue weighted by molar-refractivity contribution is -0.117. The van der Waals surface area contributed by atoms with Crippen LogP contribution in [0.3, 0.4) is 0 Å². The summed E-state index contributed by atoms with van der Waals surface area (Å²) in [5.41, 5.74) is 1.27. The highest BCUT2D eigenvalue weighted by Gasteiger charge is 2.08. The molecule has 1 N–H and O–H groups in total. The smallest absolute Gasteiger partial charge is 0.274 e. The van der Waals surface area contributed by atoms with E-state index in [9.17, 15) is 9.59 Å². The SMILES string of the molecule is CC(=O)Cn1[nH]cc(-c2ccccc2)c1=O. The second kappa shape index (κ2) is 4.18. The molecule has 2 aromatic rings. The maximum absolute atomic E-state index is 11.9. The summed E-state index contributed by atoms with van der Waals surface area (Å²) in [7, 11) is 0. The number of H-pyrrole nitrogens is 1. The summed E-state index contributed by atoms with van der Waals surface area (Å²) in [5.74, 6) is -0.0523. The summed E-state index contributed by atoms with van der Waals surface area (Å²) in [6, 6.07) is 9.36. The molecule has 0 fully saturated rings. The van der Waals surface area contributed by atoms with Crippen molar-refractivity contribution in [2.45, 2.75) is 13.5 Å². The molecule has 0 amide bonds. The van der Waals surface area contributed by atoms with Crippen LogP contribution in [0.25, 0.3) is 11.1 Å². The standard InChI is InChI=1S/C12H12N2O2/c1-9(15)8-14-12(16)11(7-13-14)10-5-3-2-4-6-10/h2-7,13H,8H2,1H3. The highest BCUT2D eigenvalue weighted by atomic mass is 16.1. The molecule has 1 aromatic carbocycles. The third kappa shape index (κ3) is 1.95. The number of nitrogens with zero attached hydrogens (tertiary/aromatic N) is 1. The molecule has 4 heteroatoms. The number of aromatic amines is 1. The van der Waals surface area contributed by atoms with Crippen molar-refractivity contribution in [2.24, 2.45) is 0 Å². The van der Waals surface area contributed by atoms with E-state index in [1.807, 2.05) is 30.3 Å². The van der Waals surface area contributed by atoms with Gasteiger partial charge in [-0.3, -0.25) is 9.59 Å². The number of carbonyl (C=O) groups excluding carboxylic acids is 1. The maximum atomic E-state index is 11.9. The number of hydrogen-bond acceptors (Lipinski definition) is 2. The third-order valence-corrected chi connectivity index (χ3v) is 2.31. The summed E-state index contributed by atoms with van der Waals surface area (Å²) in [6.07, 6.45) is 1.63. The van der Waals surface area contributed by atoms with Gasteiger partial charge in [0.1, 0.15) is 6.54 Å². The van der Waals surface area contributed by atoms with Crippen molar-refractivity contribution in [3.63, 3.8) is 0 Å². The lowest BCUT2D eigenvalue weighted by Crippen LogP contribution is -2.21. The van der Waals surface area contributed by atoms with Crippen LogP contribution in [-0.4, -0.2) is 15.6 Å². The Labute approximate surface area is 92.5 Å². The van der Waals surface area contributed by atoms with Crippen molar-refractivity contribution in [1.29, 1.82) is 0 Å². The monoisotopic (exact) mass is 216 g/mol. The van der Waals surface area contributed by atoms with Gasteiger partial charge in [-0.2, -0.15) is 0 Å². The van der Waals surface area contributed by atoms with Crippen LogP contribution in [0.5, 0.6) is 0 Å². The molecule has 16 heavy (non-hydrogen) atoms. The minimum absolute atomic E-state index is 0.0523. The summed E-state index contributed by atoms with van der Waals surface area (Å²) in [4.78, 5) is 22.8. The van der Waals surface area contributed by atoms with Gasteiger partial charge in [-0.05, 0) is 12.5 Å². The summed E-state index contributed by atoms with van der Waals surface area (Å²) in [5, 5.41) is 2.79. The van der Waals surface area contributed by atoms with Gasteiger partial charge < -0.3 is 5.10 Å². The molecule has 0 unspecified atom stereocenters. The Hall–Kier alpha value is -2.10. The van der Waals surface area contributed by atoms with Gasteiger partial charge in [0, 0.05) is 6.20 Å². The minimum Gasteiger partial charge on any atom is -0.302 e. The van der Waals surface area contributed by atoms with Gasteiger partial charge in [0.15, 0.2) is 5.78 Å². The second-order valence-electron chi connectivity index (χ2n) is 3.65. The Morgan fingerprint density at radius 2 is 2.00 bits per heavy atom. The third-order valence-electron chi connectivity index (χ3n) is 2.31. The molecule has 0 radical (unpaired) electrons. The largest absolute Gasteiger partial charge is 0.302 e. The van der Waals surface area contributed by atoms with Gasteiger partial charge in [0.25, 0.3) is 5.56 Å². The number of ketones is 1. The number of Topliss-reactive ketones (excluding diaryl/α,β-unsaturated/α-hetero) is 1. The van der Waals surface area contributed by atoms with Crippen molar-refractivity contribution >= 4 is 5.78 Å². The Morgan fingerprint density at radius 3 is 2.62 bits per heavy atom. The molecule has 0 aliphatic rings. The van der Waals surface area contributed by atoms with Crippen molar-refractivity contribution < 1.29 is 4.79 Å². The Morgan fingerprint density at radius 1 is 1.31 bits per heavy atom. The van der Waals surface area contributed by atoms with E-state index < -0.39 is 0 Å². The van der Waals surface area contributed by atoms with E-state index in [1.165, 1.54) is 11.6 Å². The number of rotatable bonds is 3. The normalized spacial score (nSPS) is 10.3. The first kappa shape index (κ1) is 10.4. The molecule has 0 bridgehead atoms. The lowest BCUT2D eigenvalue weighted by atomic mass is 10.1. The molecule has 2 rings (SSSR count). The summed E-state index contributed by atoms with van der Waals surface area (Å²) < 4.78 is 1.31. The molecule has 0 saturated heterocycles. The summed E-state index contributed by atoms with van der Waals surface area (Å²) in [6.45, 7) is 1.54. The van der Waals surface area contributed by atoms with Crippen molar-refractivity contribution in [3.8, 4) is 11.1 Å². The zero-order chi connectivity index (χ0) is 11.5. The van der Waals surface area contributed by atoms with Crippen molar-refractivity contribution in [2.75, 3.05) is 0 Å². The average molecular weight is 216 g/mol. The van der Waals surface area contributed by atoms with Crippen LogP contribution in [0.2, 0.25) is 0 Å². The number of benzene rings is 1. The molecule has 0 spiro atoms. The van der Waals surface area contributed by atoms with E-state index in [4.69, 9.17) is 0 Å². The minimum atomic E-state index is -0.165. The predicted molar refractivity (Wildman–Crippen MR) is 61.2 cm³/mol.